The highest BCUT2D eigenvalue weighted by molar-refractivity contribution is 6.31. The summed E-state index contributed by atoms with van der Waals surface area (Å²) in [7, 11) is 0. The number of aromatic hydroxyl groups is 1. The van der Waals surface area contributed by atoms with Crippen molar-refractivity contribution < 1.29 is 24.1 Å². The van der Waals surface area contributed by atoms with Crippen molar-refractivity contribution in [1.29, 1.82) is 0 Å². The van der Waals surface area contributed by atoms with Crippen LogP contribution in [-0.2, 0) is 29.8 Å². The molecule has 0 radical (unpaired) electrons. The number of aliphatic hydroxyl groups excluding tert-OH is 1. The SMILES string of the molecule is Oc1ccc(Cl)c2c1C1(CC2)Cc2nc(OC[C@@]34CCCN3C[C@H](F)C4)nc(N3CCCC(O)CC3)c2CO1. The van der Waals surface area contributed by atoms with Gasteiger partial charge in [-0.3, -0.25) is 4.90 Å². The zero-order valence-corrected chi connectivity index (χ0v) is 22.9. The van der Waals surface area contributed by atoms with Gasteiger partial charge in [0.05, 0.1) is 23.9 Å². The first kappa shape index (κ1) is 25.7. The Morgan fingerprint density at radius 1 is 1.13 bits per heavy atom. The molecular formula is C29H36ClFN4O4. The smallest absolute Gasteiger partial charge is 0.318 e. The number of aromatic nitrogens is 2. The maximum Gasteiger partial charge on any atom is 0.318 e. The molecule has 8 nitrogen and oxygen atoms in total. The van der Waals surface area contributed by atoms with Crippen LogP contribution in [0.5, 0.6) is 11.8 Å². The van der Waals surface area contributed by atoms with E-state index in [2.05, 4.69) is 9.80 Å². The normalized spacial score (nSPS) is 32.2. The number of rotatable bonds is 4. The third kappa shape index (κ3) is 4.36. The lowest BCUT2D eigenvalue weighted by Crippen LogP contribution is -2.43. The van der Waals surface area contributed by atoms with Gasteiger partial charge in [-0.2, -0.15) is 9.97 Å². The molecule has 210 valence electrons. The van der Waals surface area contributed by atoms with Crippen molar-refractivity contribution in [2.75, 3.05) is 37.7 Å². The Kier molecular flexibility index (Phi) is 6.41. The zero-order valence-electron chi connectivity index (χ0n) is 22.2. The van der Waals surface area contributed by atoms with Gasteiger partial charge >= 0.3 is 6.01 Å². The summed E-state index contributed by atoms with van der Waals surface area (Å²) in [5.74, 6) is 0.994. The largest absolute Gasteiger partial charge is 0.508 e. The molecule has 5 heterocycles. The fourth-order valence-corrected chi connectivity index (χ4v) is 7.97. The minimum atomic E-state index is -0.823. The monoisotopic (exact) mass is 558 g/mol. The number of anilines is 1. The lowest BCUT2D eigenvalue weighted by Gasteiger charge is -2.37. The van der Waals surface area contributed by atoms with Crippen LogP contribution in [0.3, 0.4) is 0 Å². The zero-order chi connectivity index (χ0) is 26.8. The number of halogens is 2. The molecule has 2 N–H and O–H groups in total. The molecule has 2 aromatic rings. The Bertz CT molecular complexity index is 1280. The number of ether oxygens (including phenoxy) is 2. The predicted octanol–water partition coefficient (Wildman–Crippen LogP) is 4.06. The van der Waals surface area contributed by atoms with Crippen LogP contribution in [0.1, 0.15) is 67.3 Å². The summed E-state index contributed by atoms with van der Waals surface area (Å²) in [6.07, 6.45) is 5.56. The van der Waals surface area contributed by atoms with Gasteiger partial charge in [0.15, 0.2) is 0 Å². The van der Waals surface area contributed by atoms with Crippen molar-refractivity contribution >= 4 is 17.4 Å². The van der Waals surface area contributed by atoms with E-state index < -0.39 is 11.8 Å². The van der Waals surface area contributed by atoms with E-state index >= 15 is 0 Å². The van der Waals surface area contributed by atoms with Crippen molar-refractivity contribution in [3.8, 4) is 11.8 Å². The minimum Gasteiger partial charge on any atom is -0.508 e. The number of hydrogen-bond donors (Lipinski definition) is 2. The lowest BCUT2D eigenvalue weighted by atomic mass is 9.86. The number of hydrogen-bond acceptors (Lipinski definition) is 8. The maximum absolute atomic E-state index is 14.4. The standard InChI is InChI=1S/C29H36ClFN4O4/c30-22-4-5-24(37)25-20(22)6-9-29(25)14-23-21(16-39-29)26(34-10-1-3-19(36)7-12-34)33-27(32-23)38-17-28-8-2-11-35(28)15-18(31)13-28/h4-5,18-19,36-37H,1-3,6-17H2/t18-,19?,28+,29?/m1/s1. The number of aliphatic hydroxyl groups is 1. The molecule has 3 saturated heterocycles. The van der Waals surface area contributed by atoms with Gasteiger partial charge in [0.2, 0.25) is 0 Å². The molecule has 0 bridgehead atoms. The molecule has 1 aromatic carbocycles. The molecule has 5 aliphatic rings. The van der Waals surface area contributed by atoms with Crippen LogP contribution in [0.15, 0.2) is 12.1 Å². The second-order valence-electron chi connectivity index (χ2n) is 12.1. The Labute approximate surface area is 233 Å². The van der Waals surface area contributed by atoms with E-state index in [1.54, 1.807) is 12.1 Å². The van der Waals surface area contributed by atoms with E-state index in [1.807, 2.05) is 0 Å². The molecule has 0 amide bonds. The van der Waals surface area contributed by atoms with Gasteiger partial charge in [-0.15, -0.1) is 0 Å². The number of benzene rings is 1. The summed E-state index contributed by atoms with van der Waals surface area (Å²) in [6.45, 7) is 3.53. The minimum absolute atomic E-state index is 0.199. The van der Waals surface area contributed by atoms with Crippen molar-refractivity contribution in [2.24, 2.45) is 0 Å². The van der Waals surface area contributed by atoms with Gasteiger partial charge in [-0.1, -0.05) is 11.6 Å². The first-order valence-corrected chi connectivity index (χ1v) is 14.7. The van der Waals surface area contributed by atoms with Crippen molar-refractivity contribution in [1.82, 2.24) is 14.9 Å². The molecule has 1 aliphatic carbocycles. The Balaban J connectivity index is 1.24. The number of phenolic OH excluding ortho intramolecular Hbond substituents is 1. The van der Waals surface area contributed by atoms with E-state index in [9.17, 15) is 14.6 Å². The summed E-state index contributed by atoms with van der Waals surface area (Å²) in [6, 6.07) is 3.69. The highest BCUT2D eigenvalue weighted by Crippen LogP contribution is 2.52. The van der Waals surface area contributed by atoms with Crippen LogP contribution in [-0.4, -0.2) is 75.7 Å². The van der Waals surface area contributed by atoms with Gasteiger partial charge in [0, 0.05) is 48.6 Å². The molecule has 4 atom stereocenters. The van der Waals surface area contributed by atoms with Crippen LogP contribution in [0.2, 0.25) is 5.02 Å². The molecule has 0 saturated carbocycles. The summed E-state index contributed by atoms with van der Waals surface area (Å²) < 4.78 is 27.3. The Morgan fingerprint density at radius 2 is 2.03 bits per heavy atom. The second kappa shape index (κ2) is 9.72. The van der Waals surface area contributed by atoms with Gasteiger partial charge in [-0.05, 0) is 69.2 Å². The highest BCUT2D eigenvalue weighted by Gasteiger charge is 2.50. The summed E-state index contributed by atoms with van der Waals surface area (Å²) in [4.78, 5) is 14.3. The van der Waals surface area contributed by atoms with Crippen LogP contribution in [0.4, 0.5) is 10.2 Å². The Hall–Kier alpha value is -2.20. The fraction of sp³-hybridized carbons (Fsp3) is 0.655. The van der Waals surface area contributed by atoms with E-state index in [0.717, 1.165) is 73.4 Å². The molecule has 39 heavy (non-hydrogen) atoms. The second-order valence-corrected chi connectivity index (χ2v) is 12.5. The summed E-state index contributed by atoms with van der Waals surface area (Å²) in [5.41, 5.74) is 2.50. The quantitative estimate of drug-likeness (QED) is 0.581. The van der Waals surface area contributed by atoms with E-state index in [4.69, 9.17) is 31.0 Å². The third-order valence-electron chi connectivity index (χ3n) is 9.69. The molecule has 1 aromatic heterocycles. The van der Waals surface area contributed by atoms with Crippen molar-refractivity contribution in [2.45, 2.75) is 87.8 Å². The lowest BCUT2D eigenvalue weighted by molar-refractivity contribution is -0.0740. The fourth-order valence-electron chi connectivity index (χ4n) is 7.72. The molecule has 1 spiro atoms. The van der Waals surface area contributed by atoms with Crippen LogP contribution in [0.25, 0.3) is 0 Å². The van der Waals surface area contributed by atoms with Gasteiger partial charge in [0.1, 0.15) is 29.9 Å². The van der Waals surface area contributed by atoms with Gasteiger partial charge in [-0.25, -0.2) is 4.39 Å². The third-order valence-corrected chi connectivity index (χ3v) is 10.0. The molecular weight excluding hydrogens is 523 g/mol. The number of fused-ring (bicyclic) bond motifs is 4. The summed E-state index contributed by atoms with van der Waals surface area (Å²) >= 11 is 6.51. The topological polar surface area (TPSA) is 91.2 Å². The maximum atomic E-state index is 14.4. The first-order chi connectivity index (χ1) is 18.9. The molecule has 3 fully saturated rings. The first-order valence-electron chi connectivity index (χ1n) is 14.4. The van der Waals surface area contributed by atoms with Gasteiger partial charge < -0.3 is 24.6 Å². The molecule has 2 unspecified atom stereocenters. The van der Waals surface area contributed by atoms with Gasteiger partial charge in [0.25, 0.3) is 0 Å². The molecule has 10 heteroatoms. The van der Waals surface area contributed by atoms with Crippen molar-refractivity contribution in [3.05, 3.63) is 39.5 Å². The highest BCUT2D eigenvalue weighted by atomic mass is 35.5. The van der Waals surface area contributed by atoms with E-state index in [1.165, 1.54) is 0 Å². The molecule has 7 rings (SSSR count). The number of nitrogens with zero attached hydrogens (tertiary/aromatic N) is 4. The van der Waals surface area contributed by atoms with Crippen LogP contribution < -0.4 is 9.64 Å². The van der Waals surface area contributed by atoms with Crippen LogP contribution >= 0.6 is 11.6 Å². The summed E-state index contributed by atoms with van der Waals surface area (Å²) in [5, 5.41) is 21.7. The predicted molar refractivity (Wildman–Crippen MR) is 144 cm³/mol. The Morgan fingerprint density at radius 3 is 2.92 bits per heavy atom. The number of alkyl halides is 1. The molecule has 4 aliphatic heterocycles. The van der Waals surface area contributed by atoms with E-state index in [-0.39, 0.29) is 17.4 Å². The number of phenols is 1. The van der Waals surface area contributed by atoms with Crippen LogP contribution in [0, 0.1) is 0 Å². The average molecular weight is 559 g/mol. The van der Waals surface area contributed by atoms with Crippen molar-refractivity contribution in [3.63, 3.8) is 0 Å². The van der Waals surface area contributed by atoms with E-state index in [0.29, 0.717) is 63.0 Å². The average Bonchev–Trinajstić information content (AvgIpc) is 3.51.